The molecule has 1 aromatic rings. The fraction of sp³-hybridized carbons (Fsp3) is 0.462. The van der Waals surface area contributed by atoms with Crippen LogP contribution < -0.4 is 4.74 Å². The molecule has 0 aliphatic carbocycles. The average Bonchev–Trinajstić information content (AvgIpc) is 2.39. The molecule has 0 atom stereocenters. The summed E-state index contributed by atoms with van der Waals surface area (Å²) < 4.78 is 10.2. The monoisotopic (exact) mass is 271 g/mol. The van der Waals surface area contributed by atoms with Crippen LogP contribution in [0, 0.1) is 0 Å². The van der Waals surface area contributed by atoms with Crippen LogP contribution in [-0.2, 0) is 9.53 Å². The first-order valence-electron chi connectivity index (χ1n) is 5.83. The number of hydrogen-bond acceptors (Lipinski definition) is 4. The molecule has 0 radical (unpaired) electrons. The summed E-state index contributed by atoms with van der Waals surface area (Å²) in [6.45, 7) is 4.16. The van der Waals surface area contributed by atoms with Crippen LogP contribution in [0.25, 0.3) is 0 Å². The number of benzene rings is 1. The molecular formula is C13H18ClNO3. The van der Waals surface area contributed by atoms with E-state index in [1.165, 1.54) is 7.11 Å². The molecule has 0 aliphatic heterocycles. The van der Waals surface area contributed by atoms with Gasteiger partial charge >= 0.3 is 5.97 Å². The Morgan fingerprint density at radius 2 is 2.11 bits per heavy atom. The van der Waals surface area contributed by atoms with Crippen molar-refractivity contribution in [2.24, 2.45) is 0 Å². The Hall–Kier alpha value is -1.26. The summed E-state index contributed by atoms with van der Waals surface area (Å²) in [4.78, 5) is 13.1. The Bertz CT molecular complexity index is 384. The predicted octanol–water partition coefficient (Wildman–Crippen LogP) is 2.21. The molecule has 0 fully saturated rings. The predicted molar refractivity (Wildman–Crippen MR) is 71.1 cm³/mol. The molecule has 0 unspecified atom stereocenters. The second-order valence-electron chi connectivity index (χ2n) is 3.72. The van der Waals surface area contributed by atoms with Gasteiger partial charge in [-0.05, 0) is 18.7 Å². The normalized spacial score (nSPS) is 10.4. The highest BCUT2D eigenvalue weighted by molar-refractivity contribution is 6.32. The zero-order valence-electron chi connectivity index (χ0n) is 10.7. The van der Waals surface area contributed by atoms with Crippen molar-refractivity contribution in [2.45, 2.75) is 6.92 Å². The molecule has 100 valence electrons. The number of carbonyl (C=O) groups excluding carboxylic acids is 1. The number of hydrogen-bond donors (Lipinski definition) is 0. The topological polar surface area (TPSA) is 38.8 Å². The Morgan fingerprint density at radius 1 is 1.39 bits per heavy atom. The first-order valence-corrected chi connectivity index (χ1v) is 6.21. The van der Waals surface area contributed by atoms with Gasteiger partial charge in [-0.25, -0.2) is 0 Å². The quantitative estimate of drug-likeness (QED) is 0.713. The number of rotatable bonds is 7. The molecule has 0 saturated carbocycles. The van der Waals surface area contributed by atoms with Crippen LogP contribution >= 0.6 is 11.6 Å². The molecule has 4 nitrogen and oxygen atoms in total. The van der Waals surface area contributed by atoms with Gasteiger partial charge in [0.15, 0.2) is 0 Å². The molecule has 0 amide bonds. The van der Waals surface area contributed by atoms with E-state index in [-0.39, 0.29) is 12.5 Å². The number of esters is 1. The van der Waals surface area contributed by atoms with E-state index in [1.807, 2.05) is 30.0 Å². The van der Waals surface area contributed by atoms with Gasteiger partial charge in [0.05, 0.1) is 18.7 Å². The molecule has 0 aromatic heterocycles. The maximum absolute atomic E-state index is 11.1. The van der Waals surface area contributed by atoms with Crippen molar-refractivity contribution >= 4 is 17.6 Å². The van der Waals surface area contributed by atoms with E-state index in [4.69, 9.17) is 16.3 Å². The lowest BCUT2D eigenvalue weighted by Crippen LogP contribution is -2.33. The highest BCUT2D eigenvalue weighted by Gasteiger charge is 2.09. The van der Waals surface area contributed by atoms with Crippen LogP contribution in [0.4, 0.5) is 0 Å². The largest absolute Gasteiger partial charge is 0.491 e. The number of ether oxygens (including phenoxy) is 2. The summed E-state index contributed by atoms with van der Waals surface area (Å²) in [6, 6.07) is 7.32. The maximum atomic E-state index is 11.1. The van der Waals surface area contributed by atoms with Crippen molar-refractivity contribution in [3.63, 3.8) is 0 Å². The minimum atomic E-state index is -0.241. The molecule has 0 N–H and O–H groups in total. The van der Waals surface area contributed by atoms with Gasteiger partial charge in [-0.1, -0.05) is 30.7 Å². The highest BCUT2D eigenvalue weighted by Crippen LogP contribution is 2.22. The van der Waals surface area contributed by atoms with Crippen LogP contribution in [0.1, 0.15) is 6.92 Å². The van der Waals surface area contributed by atoms with E-state index in [2.05, 4.69) is 4.74 Å². The smallest absolute Gasteiger partial charge is 0.319 e. The molecular weight excluding hydrogens is 254 g/mol. The summed E-state index contributed by atoms with van der Waals surface area (Å²) in [5.41, 5.74) is 0. The third-order valence-corrected chi connectivity index (χ3v) is 2.84. The van der Waals surface area contributed by atoms with Crippen molar-refractivity contribution in [3.8, 4) is 5.75 Å². The zero-order valence-corrected chi connectivity index (χ0v) is 11.4. The first kappa shape index (κ1) is 14.8. The summed E-state index contributed by atoms with van der Waals surface area (Å²) in [5.74, 6) is 0.419. The molecule has 1 aromatic carbocycles. The third kappa shape index (κ3) is 4.94. The van der Waals surface area contributed by atoms with Gasteiger partial charge in [0.25, 0.3) is 0 Å². The molecule has 0 heterocycles. The molecule has 0 aliphatic rings. The van der Waals surface area contributed by atoms with Gasteiger partial charge in [-0.3, -0.25) is 9.69 Å². The van der Waals surface area contributed by atoms with E-state index in [0.29, 0.717) is 23.9 Å². The van der Waals surface area contributed by atoms with Gasteiger partial charge in [0.1, 0.15) is 12.4 Å². The van der Waals surface area contributed by atoms with Crippen LogP contribution in [0.3, 0.4) is 0 Å². The van der Waals surface area contributed by atoms with Gasteiger partial charge in [-0.2, -0.15) is 0 Å². The molecule has 5 heteroatoms. The SMILES string of the molecule is CCN(CCOc1ccccc1Cl)CC(=O)OC. The third-order valence-electron chi connectivity index (χ3n) is 2.53. The summed E-state index contributed by atoms with van der Waals surface area (Å²) >= 11 is 5.97. The average molecular weight is 272 g/mol. The van der Waals surface area contributed by atoms with Gasteiger partial charge in [0, 0.05) is 6.54 Å². The Kier molecular flexibility index (Phi) is 6.54. The first-order chi connectivity index (χ1) is 8.67. The highest BCUT2D eigenvalue weighted by atomic mass is 35.5. The number of para-hydroxylation sites is 1. The Labute approximate surface area is 112 Å². The van der Waals surface area contributed by atoms with E-state index in [1.54, 1.807) is 6.07 Å². The molecule has 1 rings (SSSR count). The molecule has 0 saturated heterocycles. The zero-order chi connectivity index (χ0) is 13.4. The lowest BCUT2D eigenvalue weighted by molar-refractivity contribution is -0.141. The summed E-state index contributed by atoms with van der Waals surface area (Å²) in [5, 5.41) is 0.591. The number of methoxy groups -OCH3 is 1. The summed E-state index contributed by atoms with van der Waals surface area (Å²) in [7, 11) is 1.39. The molecule has 0 spiro atoms. The van der Waals surface area contributed by atoms with Gasteiger partial charge in [-0.15, -0.1) is 0 Å². The number of carbonyl (C=O) groups is 1. The van der Waals surface area contributed by atoms with Crippen LogP contribution in [0.15, 0.2) is 24.3 Å². The molecule has 0 bridgehead atoms. The minimum absolute atomic E-state index is 0.241. The number of halogens is 1. The van der Waals surface area contributed by atoms with Crippen molar-refractivity contribution in [3.05, 3.63) is 29.3 Å². The fourth-order valence-electron chi connectivity index (χ4n) is 1.44. The summed E-state index contributed by atoms with van der Waals surface area (Å²) in [6.07, 6.45) is 0. The minimum Gasteiger partial charge on any atom is -0.491 e. The lowest BCUT2D eigenvalue weighted by atomic mass is 10.3. The van der Waals surface area contributed by atoms with Gasteiger partial charge in [0.2, 0.25) is 0 Å². The van der Waals surface area contributed by atoms with Crippen molar-refractivity contribution in [1.82, 2.24) is 4.90 Å². The maximum Gasteiger partial charge on any atom is 0.319 e. The standard InChI is InChI=1S/C13H18ClNO3/c1-3-15(10-13(16)17-2)8-9-18-12-7-5-4-6-11(12)14/h4-7H,3,8-10H2,1-2H3. The van der Waals surface area contributed by atoms with Crippen molar-refractivity contribution < 1.29 is 14.3 Å². The van der Waals surface area contributed by atoms with E-state index in [9.17, 15) is 4.79 Å². The van der Waals surface area contributed by atoms with E-state index in [0.717, 1.165) is 6.54 Å². The van der Waals surface area contributed by atoms with E-state index < -0.39 is 0 Å². The van der Waals surface area contributed by atoms with Crippen LogP contribution in [-0.4, -0.2) is 44.2 Å². The number of likely N-dealkylation sites (N-methyl/N-ethyl adjacent to an activating group) is 1. The van der Waals surface area contributed by atoms with Crippen molar-refractivity contribution in [2.75, 3.05) is 33.4 Å². The fourth-order valence-corrected chi connectivity index (χ4v) is 1.63. The number of nitrogens with zero attached hydrogens (tertiary/aromatic N) is 1. The second-order valence-corrected chi connectivity index (χ2v) is 4.13. The molecule has 18 heavy (non-hydrogen) atoms. The van der Waals surface area contributed by atoms with Gasteiger partial charge < -0.3 is 9.47 Å². The second kappa shape index (κ2) is 7.95. The Morgan fingerprint density at radius 3 is 2.72 bits per heavy atom. The van der Waals surface area contributed by atoms with Crippen molar-refractivity contribution in [1.29, 1.82) is 0 Å². The van der Waals surface area contributed by atoms with Crippen LogP contribution in [0.2, 0.25) is 5.02 Å². The Balaban J connectivity index is 2.35. The van der Waals surface area contributed by atoms with E-state index >= 15 is 0 Å². The lowest BCUT2D eigenvalue weighted by Gasteiger charge is -2.19. The van der Waals surface area contributed by atoms with Crippen LogP contribution in [0.5, 0.6) is 5.75 Å².